The number of aliphatic hydroxyl groups excluding tert-OH is 1. The first-order valence-electron chi connectivity index (χ1n) is 10.4. The molecule has 0 aromatic rings. The van der Waals surface area contributed by atoms with Crippen LogP contribution < -0.4 is 27.0 Å². The summed E-state index contributed by atoms with van der Waals surface area (Å²) in [7, 11) is 0. The van der Waals surface area contributed by atoms with Crippen LogP contribution in [-0.4, -0.2) is 77.8 Å². The Bertz CT molecular complexity index is 594. The van der Waals surface area contributed by atoms with Crippen molar-refractivity contribution in [3.8, 4) is 0 Å². The van der Waals surface area contributed by atoms with Gasteiger partial charge in [-0.15, -0.1) is 0 Å². The average Bonchev–Trinajstić information content (AvgIpc) is 3.23. The molecule has 11 nitrogen and oxygen atoms in total. The minimum absolute atomic E-state index is 0.267. The van der Waals surface area contributed by atoms with E-state index in [1.165, 1.54) is 0 Å². The van der Waals surface area contributed by atoms with Gasteiger partial charge >= 0.3 is 5.97 Å². The van der Waals surface area contributed by atoms with E-state index in [1.54, 1.807) is 13.8 Å². The van der Waals surface area contributed by atoms with Gasteiger partial charge < -0.3 is 37.2 Å². The third-order valence-electron chi connectivity index (χ3n) is 5.00. The lowest BCUT2D eigenvalue weighted by Gasteiger charge is -2.27. The van der Waals surface area contributed by atoms with E-state index in [0.29, 0.717) is 32.2 Å². The minimum Gasteiger partial charge on any atom is -0.480 e. The van der Waals surface area contributed by atoms with Crippen LogP contribution in [0.4, 0.5) is 0 Å². The topological polar surface area (TPSA) is 183 Å². The summed E-state index contributed by atoms with van der Waals surface area (Å²) >= 11 is 0. The molecule has 0 bridgehead atoms. The van der Waals surface area contributed by atoms with Crippen LogP contribution >= 0.6 is 0 Å². The fraction of sp³-hybridized carbons (Fsp3) is 0.789. The quantitative estimate of drug-likeness (QED) is 0.165. The molecule has 4 unspecified atom stereocenters. The number of carbonyl (C=O) groups excluding carboxylic acids is 3. The van der Waals surface area contributed by atoms with Crippen LogP contribution in [0, 0.1) is 5.92 Å². The Morgan fingerprint density at radius 1 is 1.07 bits per heavy atom. The molecular weight excluding hydrogens is 394 g/mol. The Balaban J connectivity index is 2.83. The molecule has 1 aliphatic heterocycles. The number of nitrogens with two attached hydrogens (primary N) is 1. The molecule has 1 fully saturated rings. The lowest BCUT2D eigenvalue weighted by Crippen LogP contribution is -2.58. The third kappa shape index (κ3) is 8.25. The highest BCUT2D eigenvalue weighted by atomic mass is 16.4. The number of carbonyl (C=O) groups is 4. The smallest absolute Gasteiger partial charge is 0.328 e. The van der Waals surface area contributed by atoms with Crippen LogP contribution in [0.25, 0.3) is 0 Å². The lowest BCUT2D eigenvalue weighted by molar-refractivity contribution is -0.143. The van der Waals surface area contributed by atoms with Crippen LogP contribution in [0.2, 0.25) is 0 Å². The highest BCUT2D eigenvalue weighted by molar-refractivity contribution is 5.94. The standard InChI is InChI=1S/C19H35N5O6/c1-11(2)15(18(28)23-14(10-25)19(29)30)24-17(27)13(6-3-4-8-20)22-16(26)12-7-5-9-21-12/h11-15,21,25H,3-10,20H2,1-2H3,(H,22,26)(H,23,28)(H,24,27)(H,29,30). The summed E-state index contributed by atoms with van der Waals surface area (Å²) in [6.45, 7) is 3.83. The molecular formula is C19H35N5O6. The second-order valence-corrected chi connectivity index (χ2v) is 7.81. The highest BCUT2D eigenvalue weighted by Gasteiger charge is 2.32. The molecule has 0 spiro atoms. The molecule has 1 aliphatic rings. The Labute approximate surface area is 176 Å². The SMILES string of the molecule is CC(C)C(NC(=O)C(CCCCN)NC(=O)C1CCCN1)C(=O)NC(CO)C(=O)O. The molecule has 0 aliphatic carbocycles. The van der Waals surface area contributed by atoms with Gasteiger partial charge in [0.2, 0.25) is 17.7 Å². The van der Waals surface area contributed by atoms with E-state index in [1.807, 2.05) is 0 Å². The summed E-state index contributed by atoms with van der Waals surface area (Å²) < 4.78 is 0. The van der Waals surface area contributed by atoms with E-state index in [9.17, 15) is 19.2 Å². The highest BCUT2D eigenvalue weighted by Crippen LogP contribution is 2.09. The van der Waals surface area contributed by atoms with Crippen molar-refractivity contribution in [1.29, 1.82) is 0 Å². The van der Waals surface area contributed by atoms with Gasteiger partial charge in [-0.05, 0) is 51.1 Å². The first-order valence-corrected chi connectivity index (χ1v) is 10.4. The summed E-state index contributed by atoms with van der Waals surface area (Å²) in [5, 5.41) is 28.8. The van der Waals surface area contributed by atoms with Gasteiger partial charge in [-0.3, -0.25) is 14.4 Å². The summed E-state index contributed by atoms with van der Waals surface area (Å²) in [5.74, 6) is -3.24. The van der Waals surface area contributed by atoms with Gasteiger partial charge in [-0.1, -0.05) is 13.8 Å². The molecule has 30 heavy (non-hydrogen) atoms. The molecule has 0 aromatic heterocycles. The first-order chi connectivity index (χ1) is 14.2. The summed E-state index contributed by atoms with van der Waals surface area (Å²) in [6.07, 6.45) is 3.25. The molecule has 0 radical (unpaired) electrons. The van der Waals surface area contributed by atoms with Crippen LogP contribution in [0.5, 0.6) is 0 Å². The van der Waals surface area contributed by atoms with Crippen molar-refractivity contribution in [2.45, 2.75) is 70.1 Å². The Morgan fingerprint density at radius 2 is 1.77 bits per heavy atom. The normalized spacial score (nSPS) is 19.0. The molecule has 1 rings (SSSR count). The van der Waals surface area contributed by atoms with E-state index < -0.39 is 42.5 Å². The fourth-order valence-electron chi connectivity index (χ4n) is 3.18. The predicted molar refractivity (Wildman–Crippen MR) is 109 cm³/mol. The molecule has 1 saturated heterocycles. The van der Waals surface area contributed by atoms with Crippen LogP contribution in [0.15, 0.2) is 0 Å². The van der Waals surface area contributed by atoms with Gasteiger partial charge in [0, 0.05) is 0 Å². The number of hydrogen-bond donors (Lipinski definition) is 7. The summed E-state index contributed by atoms with van der Waals surface area (Å²) in [6, 6.07) is -3.68. The Hall–Kier alpha value is -2.24. The zero-order chi connectivity index (χ0) is 22.7. The molecule has 4 atom stereocenters. The van der Waals surface area contributed by atoms with Gasteiger partial charge in [0.25, 0.3) is 0 Å². The van der Waals surface area contributed by atoms with Gasteiger partial charge in [0.05, 0.1) is 12.6 Å². The van der Waals surface area contributed by atoms with E-state index in [-0.39, 0.29) is 17.9 Å². The van der Waals surface area contributed by atoms with Gasteiger partial charge in [-0.25, -0.2) is 4.79 Å². The second-order valence-electron chi connectivity index (χ2n) is 7.81. The minimum atomic E-state index is -1.47. The van der Waals surface area contributed by atoms with Gasteiger partial charge in [-0.2, -0.15) is 0 Å². The largest absolute Gasteiger partial charge is 0.480 e. The average molecular weight is 430 g/mol. The van der Waals surface area contributed by atoms with Crippen LogP contribution in [0.1, 0.15) is 46.0 Å². The number of unbranched alkanes of at least 4 members (excludes halogenated alkanes) is 1. The van der Waals surface area contributed by atoms with Crippen LogP contribution in [0.3, 0.4) is 0 Å². The maximum atomic E-state index is 12.9. The number of carboxylic acid groups (broad SMARTS) is 1. The van der Waals surface area contributed by atoms with Crippen molar-refractivity contribution in [2.24, 2.45) is 11.7 Å². The molecule has 8 N–H and O–H groups in total. The molecule has 0 aromatic carbocycles. The van der Waals surface area contributed by atoms with Crippen molar-refractivity contribution in [3.05, 3.63) is 0 Å². The van der Waals surface area contributed by atoms with E-state index in [4.69, 9.17) is 15.9 Å². The Morgan fingerprint density at radius 3 is 2.27 bits per heavy atom. The van der Waals surface area contributed by atoms with E-state index in [0.717, 1.165) is 13.0 Å². The van der Waals surface area contributed by atoms with Crippen molar-refractivity contribution < 1.29 is 29.4 Å². The number of nitrogens with one attached hydrogen (secondary N) is 4. The number of aliphatic hydroxyl groups is 1. The first kappa shape index (κ1) is 25.8. The number of carboxylic acids is 1. The maximum Gasteiger partial charge on any atom is 0.328 e. The fourth-order valence-corrected chi connectivity index (χ4v) is 3.18. The van der Waals surface area contributed by atoms with Crippen molar-refractivity contribution >= 4 is 23.7 Å². The van der Waals surface area contributed by atoms with Crippen molar-refractivity contribution in [2.75, 3.05) is 19.7 Å². The molecule has 3 amide bonds. The zero-order valence-electron chi connectivity index (χ0n) is 17.6. The number of amides is 3. The number of hydrogen-bond acceptors (Lipinski definition) is 7. The van der Waals surface area contributed by atoms with E-state index in [2.05, 4.69) is 21.3 Å². The maximum absolute atomic E-state index is 12.9. The van der Waals surface area contributed by atoms with E-state index >= 15 is 0 Å². The molecule has 0 saturated carbocycles. The number of aliphatic carboxylic acids is 1. The second kappa shape index (κ2) is 13.1. The van der Waals surface area contributed by atoms with Crippen molar-refractivity contribution in [1.82, 2.24) is 21.3 Å². The summed E-state index contributed by atoms with van der Waals surface area (Å²) in [4.78, 5) is 48.9. The predicted octanol–water partition coefficient (Wildman–Crippen LogP) is -1.95. The molecule has 1 heterocycles. The number of rotatable bonds is 13. The monoisotopic (exact) mass is 429 g/mol. The summed E-state index contributed by atoms with van der Waals surface area (Å²) in [5.41, 5.74) is 5.52. The molecule has 172 valence electrons. The van der Waals surface area contributed by atoms with Crippen molar-refractivity contribution in [3.63, 3.8) is 0 Å². The Kier molecular flexibility index (Phi) is 11.3. The zero-order valence-corrected chi connectivity index (χ0v) is 17.6. The van der Waals surface area contributed by atoms with Gasteiger partial charge in [0.15, 0.2) is 0 Å². The lowest BCUT2D eigenvalue weighted by atomic mass is 10.0. The third-order valence-corrected chi connectivity index (χ3v) is 5.00. The van der Waals surface area contributed by atoms with Gasteiger partial charge in [0.1, 0.15) is 18.1 Å². The van der Waals surface area contributed by atoms with Crippen LogP contribution in [-0.2, 0) is 19.2 Å². The molecule has 11 heteroatoms.